The van der Waals surface area contributed by atoms with E-state index in [2.05, 4.69) is 0 Å². The number of nitrogens with zero attached hydrogens (tertiary/aromatic N) is 1. The number of fused-ring (bicyclic) bond motifs is 1. The Morgan fingerprint density at radius 2 is 1.64 bits per heavy atom. The van der Waals surface area contributed by atoms with Crippen LogP contribution in [0.2, 0.25) is 5.02 Å². The van der Waals surface area contributed by atoms with E-state index in [1.807, 2.05) is 0 Å². The molecular formula is C20H12ClF2NO3S. The Morgan fingerprint density at radius 3 is 2.36 bits per heavy atom. The summed E-state index contributed by atoms with van der Waals surface area (Å²) in [6.07, 6.45) is 0. The molecule has 28 heavy (non-hydrogen) atoms. The van der Waals surface area contributed by atoms with Crippen LogP contribution in [-0.2, 0) is 10.0 Å². The van der Waals surface area contributed by atoms with E-state index in [1.165, 1.54) is 12.1 Å². The van der Waals surface area contributed by atoms with Gasteiger partial charge in [0, 0.05) is 16.5 Å². The summed E-state index contributed by atoms with van der Waals surface area (Å²) in [4.78, 5) is -0.866. The molecule has 0 aliphatic heterocycles. The number of hydrogen-bond donors (Lipinski definition) is 1. The standard InChI is InChI=1S/C20H12ClF2NO3S/c21-14-6-7-17-13(8-14)9-18(12-4-2-1-3-5-12)24(17)28(26,27)19-11-15(22)10-16(23)20(19)25/h1-11,25H. The lowest BCUT2D eigenvalue weighted by Gasteiger charge is -2.14. The number of benzene rings is 3. The summed E-state index contributed by atoms with van der Waals surface area (Å²) in [5.41, 5.74) is 1.09. The Kier molecular flexibility index (Phi) is 4.36. The summed E-state index contributed by atoms with van der Waals surface area (Å²) in [5.74, 6) is -3.62. The predicted octanol–water partition coefficient (Wildman–Crippen LogP) is 5.18. The van der Waals surface area contributed by atoms with Crippen LogP contribution in [0.15, 0.2) is 71.6 Å². The predicted molar refractivity (Wildman–Crippen MR) is 103 cm³/mol. The summed E-state index contributed by atoms with van der Waals surface area (Å²) in [6, 6.07) is 15.8. The van der Waals surface area contributed by atoms with Crippen LogP contribution in [0, 0.1) is 11.6 Å². The number of halogens is 3. The Bertz CT molecular complexity index is 1320. The fourth-order valence-electron chi connectivity index (χ4n) is 3.07. The van der Waals surface area contributed by atoms with E-state index >= 15 is 0 Å². The molecule has 0 aliphatic carbocycles. The second-order valence-electron chi connectivity index (χ2n) is 6.10. The van der Waals surface area contributed by atoms with E-state index in [-0.39, 0.29) is 11.2 Å². The Balaban J connectivity index is 2.11. The average molecular weight is 420 g/mol. The number of hydrogen-bond acceptors (Lipinski definition) is 3. The molecule has 0 saturated heterocycles. The van der Waals surface area contributed by atoms with Gasteiger partial charge in [-0.2, -0.15) is 0 Å². The smallest absolute Gasteiger partial charge is 0.272 e. The maximum atomic E-state index is 13.8. The van der Waals surface area contributed by atoms with Gasteiger partial charge in [0.15, 0.2) is 11.6 Å². The van der Waals surface area contributed by atoms with Crippen molar-refractivity contribution in [1.29, 1.82) is 0 Å². The molecule has 0 aliphatic rings. The van der Waals surface area contributed by atoms with Gasteiger partial charge in [0.1, 0.15) is 10.7 Å². The normalized spacial score (nSPS) is 11.8. The Labute approximate surface area is 164 Å². The molecule has 0 atom stereocenters. The van der Waals surface area contributed by atoms with Crippen molar-refractivity contribution in [1.82, 2.24) is 3.97 Å². The van der Waals surface area contributed by atoms with Crippen molar-refractivity contribution < 1.29 is 22.3 Å². The van der Waals surface area contributed by atoms with Crippen LogP contribution >= 0.6 is 11.6 Å². The highest BCUT2D eigenvalue weighted by Crippen LogP contribution is 2.36. The van der Waals surface area contributed by atoms with E-state index < -0.39 is 32.3 Å². The number of aromatic nitrogens is 1. The first kappa shape index (κ1) is 18.5. The van der Waals surface area contributed by atoms with Gasteiger partial charge < -0.3 is 5.11 Å². The van der Waals surface area contributed by atoms with Crippen molar-refractivity contribution >= 4 is 32.5 Å². The fraction of sp³-hybridized carbons (Fsp3) is 0. The highest BCUT2D eigenvalue weighted by Gasteiger charge is 2.29. The highest BCUT2D eigenvalue weighted by atomic mass is 35.5. The molecular weight excluding hydrogens is 408 g/mol. The minimum absolute atomic E-state index is 0.257. The molecule has 0 spiro atoms. The molecule has 4 aromatic rings. The first-order valence-electron chi connectivity index (χ1n) is 8.09. The number of aromatic hydroxyl groups is 1. The summed E-state index contributed by atoms with van der Waals surface area (Å²) in [5, 5.41) is 10.9. The largest absolute Gasteiger partial charge is 0.504 e. The summed E-state index contributed by atoms with van der Waals surface area (Å²) < 4.78 is 55.2. The SMILES string of the molecule is O=S(=O)(c1cc(F)cc(F)c1O)n1c(-c2ccccc2)cc2cc(Cl)ccc21. The molecule has 0 saturated carbocycles. The lowest BCUT2D eigenvalue weighted by Crippen LogP contribution is -2.15. The first-order chi connectivity index (χ1) is 13.3. The van der Waals surface area contributed by atoms with Crippen molar-refractivity contribution in [3.63, 3.8) is 0 Å². The van der Waals surface area contributed by atoms with Gasteiger partial charge in [-0.3, -0.25) is 0 Å². The number of rotatable bonds is 3. The molecule has 0 bridgehead atoms. The van der Waals surface area contributed by atoms with E-state index in [1.54, 1.807) is 42.5 Å². The summed E-state index contributed by atoms with van der Waals surface area (Å²) in [6.45, 7) is 0. The Morgan fingerprint density at radius 1 is 0.929 bits per heavy atom. The zero-order valence-corrected chi connectivity index (χ0v) is 15.7. The second kappa shape index (κ2) is 6.61. The zero-order valence-electron chi connectivity index (χ0n) is 14.1. The highest BCUT2D eigenvalue weighted by molar-refractivity contribution is 7.90. The lowest BCUT2D eigenvalue weighted by atomic mass is 10.1. The molecule has 1 aromatic heterocycles. The second-order valence-corrected chi connectivity index (χ2v) is 8.29. The van der Waals surface area contributed by atoms with Crippen molar-refractivity contribution in [2.24, 2.45) is 0 Å². The molecule has 0 radical (unpaired) electrons. The van der Waals surface area contributed by atoms with Gasteiger partial charge in [-0.25, -0.2) is 21.2 Å². The van der Waals surface area contributed by atoms with E-state index in [9.17, 15) is 22.3 Å². The molecule has 4 rings (SSSR count). The monoisotopic (exact) mass is 419 g/mol. The first-order valence-corrected chi connectivity index (χ1v) is 9.91. The van der Waals surface area contributed by atoms with Crippen LogP contribution in [0.3, 0.4) is 0 Å². The maximum absolute atomic E-state index is 13.8. The minimum atomic E-state index is -4.55. The molecule has 0 amide bonds. The van der Waals surface area contributed by atoms with Gasteiger partial charge in [-0.15, -0.1) is 0 Å². The molecule has 1 N–H and O–H groups in total. The summed E-state index contributed by atoms with van der Waals surface area (Å²) in [7, 11) is -4.55. The van der Waals surface area contributed by atoms with Crippen molar-refractivity contribution in [3.05, 3.63) is 83.4 Å². The van der Waals surface area contributed by atoms with Crippen LogP contribution in [0.25, 0.3) is 22.2 Å². The van der Waals surface area contributed by atoms with Gasteiger partial charge in [0.2, 0.25) is 0 Å². The molecule has 142 valence electrons. The fourth-order valence-corrected chi connectivity index (χ4v) is 4.89. The molecule has 0 unspecified atom stereocenters. The third kappa shape index (κ3) is 2.93. The Hall–Kier alpha value is -2.90. The van der Waals surface area contributed by atoms with Gasteiger partial charge in [-0.1, -0.05) is 41.9 Å². The molecule has 0 fully saturated rings. The van der Waals surface area contributed by atoms with Gasteiger partial charge in [-0.05, 0) is 35.9 Å². The van der Waals surface area contributed by atoms with Crippen LogP contribution in [0.1, 0.15) is 0 Å². The van der Waals surface area contributed by atoms with Crippen molar-refractivity contribution in [2.75, 3.05) is 0 Å². The average Bonchev–Trinajstić information content (AvgIpc) is 3.04. The molecule has 8 heteroatoms. The topological polar surface area (TPSA) is 59.3 Å². The van der Waals surface area contributed by atoms with Crippen LogP contribution in [0.4, 0.5) is 8.78 Å². The number of phenols is 1. The lowest BCUT2D eigenvalue weighted by molar-refractivity contribution is 0.411. The van der Waals surface area contributed by atoms with E-state index in [4.69, 9.17) is 11.6 Å². The minimum Gasteiger partial charge on any atom is -0.504 e. The third-order valence-corrected chi connectivity index (χ3v) is 6.28. The number of phenolic OH excluding ortho intramolecular Hbond substituents is 1. The van der Waals surface area contributed by atoms with Crippen molar-refractivity contribution in [3.8, 4) is 17.0 Å². The quantitative estimate of drug-likeness (QED) is 0.497. The maximum Gasteiger partial charge on any atom is 0.272 e. The third-order valence-electron chi connectivity index (χ3n) is 4.30. The molecule has 4 nitrogen and oxygen atoms in total. The molecule has 3 aromatic carbocycles. The zero-order chi connectivity index (χ0) is 20.1. The van der Waals surface area contributed by atoms with E-state index in [0.29, 0.717) is 28.1 Å². The summed E-state index contributed by atoms with van der Waals surface area (Å²) >= 11 is 6.03. The van der Waals surface area contributed by atoms with E-state index in [0.717, 1.165) is 3.97 Å². The van der Waals surface area contributed by atoms with Crippen LogP contribution < -0.4 is 0 Å². The molecule has 1 heterocycles. The van der Waals surface area contributed by atoms with Crippen LogP contribution in [0.5, 0.6) is 5.75 Å². The van der Waals surface area contributed by atoms with Crippen molar-refractivity contribution in [2.45, 2.75) is 4.90 Å². The van der Waals surface area contributed by atoms with Gasteiger partial charge in [0.25, 0.3) is 10.0 Å². The van der Waals surface area contributed by atoms with Crippen LogP contribution in [-0.4, -0.2) is 17.5 Å². The van der Waals surface area contributed by atoms with Gasteiger partial charge >= 0.3 is 0 Å². The van der Waals surface area contributed by atoms with Gasteiger partial charge in [0.05, 0.1) is 11.2 Å².